The average Bonchev–Trinajstić information content (AvgIpc) is 2.99. The molecule has 0 unspecified atom stereocenters. The van der Waals surface area contributed by atoms with E-state index in [4.69, 9.17) is 4.74 Å². The fourth-order valence-corrected chi connectivity index (χ4v) is 3.03. The van der Waals surface area contributed by atoms with E-state index in [1.807, 2.05) is 6.92 Å². The molecular weight excluding hydrogens is 404 g/mol. The van der Waals surface area contributed by atoms with Crippen molar-refractivity contribution >= 4 is 35.3 Å². The fourth-order valence-electron chi connectivity index (χ4n) is 3.03. The summed E-state index contributed by atoms with van der Waals surface area (Å²) >= 11 is 0. The van der Waals surface area contributed by atoms with Crippen molar-refractivity contribution in [2.75, 3.05) is 25.6 Å². The Bertz CT molecular complexity index is 1060. The van der Waals surface area contributed by atoms with E-state index >= 15 is 0 Å². The third kappa shape index (κ3) is 4.95. The number of methoxy groups -OCH3 is 1. The smallest absolute Gasteiger partial charge is 0.337 e. The maximum atomic E-state index is 12.4. The minimum absolute atomic E-state index is 0.138. The number of hydrogen-bond acceptors (Lipinski definition) is 7. The van der Waals surface area contributed by atoms with Gasteiger partial charge in [-0.1, -0.05) is 11.6 Å². The number of benzene rings is 2. The summed E-state index contributed by atoms with van der Waals surface area (Å²) in [7, 11) is 1.27. The number of nitrogens with one attached hydrogen (secondary N) is 1. The van der Waals surface area contributed by atoms with Crippen LogP contribution in [0.25, 0.3) is 0 Å². The molecule has 1 aliphatic heterocycles. The Morgan fingerprint density at radius 2 is 1.65 bits per heavy atom. The van der Waals surface area contributed by atoms with Gasteiger partial charge >= 0.3 is 11.9 Å². The highest BCUT2D eigenvalue weighted by molar-refractivity contribution is 6.21. The van der Waals surface area contributed by atoms with Gasteiger partial charge in [0.05, 0.1) is 30.2 Å². The maximum absolute atomic E-state index is 12.4. The van der Waals surface area contributed by atoms with Gasteiger partial charge in [0.2, 0.25) is 0 Å². The van der Waals surface area contributed by atoms with Crippen LogP contribution in [0.3, 0.4) is 0 Å². The number of rotatable bonds is 7. The van der Waals surface area contributed by atoms with Crippen LogP contribution in [0.1, 0.15) is 43.1 Å². The number of amides is 3. The molecule has 0 aliphatic carbocycles. The van der Waals surface area contributed by atoms with Crippen LogP contribution in [-0.4, -0.2) is 54.8 Å². The highest BCUT2D eigenvalue weighted by atomic mass is 16.5. The monoisotopic (exact) mass is 424 g/mol. The van der Waals surface area contributed by atoms with Gasteiger partial charge in [-0.25, -0.2) is 4.79 Å². The first-order valence-corrected chi connectivity index (χ1v) is 9.41. The van der Waals surface area contributed by atoms with E-state index in [-0.39, 0.29) is 13.0 Å². The van der Waals surface area contributed by atoms with Crippen molar-refractivity contribution in [2.24, 2.45) is 0 Å². The Morgan fingerprint density at radius 1 is 0.968 bits per heavy atom. The zero-order valence-corrected chi connectivity index (χ0v) is 17.0. The molecule has 0 spiro atoms. The van der Waals surface area contributed by atoms with Crippen LogP contribution in [0.15, 0.2) is 42.5 Å². The zero-order chi connectivity index (χ0) is 22.5. The second-order valence-electron chi connectivity index (χ2n) is 6.84. The number of imide groups is 1. The molecule has 0 aromatic heterocycles. The summed E-state index contributed by atoms with van der Waals surface area (Å²) in [6.45, 7) is 1.15. The van der Waals surface area contributed by atoms with Crippen molar-refractivity contribution in [1.82, 2.24) is 4.90 Å². The number of nitrogens with zero attached hydrogens (tertiary/aromatic N) is 1. The molecule has 9 heteroatoms. The van der Waals surface area contributed by atoms with Crippen LogP contribution >= 0.6 is 0 Å². The van der Waals surface area contributed by atoms with E-state index in [0.717, 1.165) is 10.5 Å². The van der Waals surface area contributed by atoms with Crippen molar-refractivity contribution in [3.63, 3.8) is 0 Å². The lowest BCUT2D eigenvalue weighted by Gasteiger charge is -2.13. The van der Waals surface area contributed by atoms with E-state index in [2.05, 4.69) is 10.1 Å². The highest BCUT2D eigenvalue weighted by Gasteiger charge is 2.35. The van der Waals surface area contributed by atoms with Gasteiger partial charge in [-0.15, -0.1) is 0 Å². The van der Waals surface area contributed by atoms with E-state index in [1.54, 1.807) is 18.2 Å². The van der Waals surface area contributed by atoms with E-state index in [1.165, 1.54) is 31.4 Å². The highest BCUT2D eigenvalue weighted by Crippen LogP contribution is 2.24. The number of carbonyl (C=O) groups excluding carboxylic acids is 5. The third-order valence-electron chi connectivity index (χ3n) is 4.62. The minimum atomic E-state index is -0.719. The van der Waals surface area contributed by atoms with Crippen LogP contribution in [0.5, 0.6) is 0 Å². The number of carbonyl (C=O) groups is 5. The molecule has 1 heterocycles. The Balaban J connectivity index is 1.45. The van der Waals surface area contributed by atoms with Gasteiger partial charge in [0.25, 0.3) is 17.7 Å². The molecule has 160 valence electrons. The van der Waals surface area contributed by atoms with Gasteiger partial charge in [-0.05, 0) is 43.3 Å². The first kappa shape index (κ1) is 21.7. The second kappa shape index (κ2) is 9.21. The molecule has 1 N–H and O–H groups in total. The molecule has 3 rings (SSSR count). The molecular formula is C22H20N2O7. The van der Waals surface area contributed by atoms with Gasteiger partial charge in [-0.3, -0.25) is 24.1 Å². The first-order chi connectivity index (χ1) is 14.8. The minimum Gasteiger partial charge on any atom is -0.465 e. The molecule has 0 saturated heterocycles. The van der Waals surface area contributed by atoms with Gasteiger partial charge in [0.1, 0.15) is 0 Å². The SMILES string of the molecule is COC(=O)c1ccc(NC(=O)COC(=O)CCN2C(=O)c3ccc(C)cc3C2=O)cc1. The number of anilines is 1. The Hall–Kier alpha value is -4.01. The summed E-state index contributed by atoms with van der Waals surface area (Å²) < 4.78 is 9.50. The van der Waals surface area contributed by atoms with Crippen LogP contribution in [-0.2, 0) is 19.1 Å². The van der Waals surface area contributed by atoms with Crippen LogP contribution < -0.4 is 5.32 Å². The molecule has 2 aromatic rings. The molecule has 2 aromatic carbocycles. The standard InChI is InChI=1S/C22H20N2O7/c1-13-3-8-16-17(11-13)21(28)24(20(16)27)10-9-19(26)31-12-18(25)23-15-6-4-14(5-7-15)22(29)30-2/h3-8,11H,9-10,12H2,1-2H3,(H,23,25). The predicted molar refractivity (Wildman–Crippen MR) is 109 cm³/mol. The van der Waals surface area contributed by atoms with Crippen molar-refractivity contribution in [3.8, 4) is 0 Å². The van der Waals surface area contributed by atoms with Gasteiger partial charge in [0.15, 0.2) is 6.61 Å². The number of fused-ring (bicyclic) bond motifs is 1. The molecule has 0 fully saturated rings. The Kier molecular flexibility index (Phi) is 6.44. The van der Waals surface area contributed by atoms with Crippen LogP contribution in [0, 0.1) is 6.92 Å². The molecule has 0 radical (unpaired) electrons. The Labute approximate surface area is 177 Å². The van der Waals surface area contributed by atoms with Gasteiger partial charge in [0, 0.05) is 12.2 Å². The normalized spacial score (nSPS) is 12.4. The number of aryl methyl sites for hydroxylation is 1. The van der Waals surface area contributed by atoms with E-state index < -0.39 is 36.3 Å². The summed E-state index contributed by atoms with van der Waals surface area (Å²) in [5, 5.41) is 2.52. The Morgan fingerprint density at radius 3 is 2.32 bits per heavy atom. The number of esters is 2. The quantitative estimate of drug-likeness (QED) is 0.533. The number of ether oxygens (including phenoxy) is 2. The third-order valence-corrected chi connectivity index (χ3v) is 4.62. The molecule has 3 amide bonds. The zero-order valence-electron chi connectivity index (χ0n) is 17.0. The topological polar surface area (TPSA) is 119 Å². The molecule has 31 heavy (non-hydrogen) atoms. The summed E-state index contributed by atoms with van der Waals surface area (Å²) in [6, 6.07) is 10.9. The second-order valence-corrected chi connectivity index (χ2v) is 6.84. The summed E-state index contributed by atoms with van der Waals surface area (Å²) in [4.78, 5) is 61.0. The molecule has 0 saturated carbocycles. The van der Waals surface area contributed by atoms with Crippen molar-refractivity contribution in [1.29, 1.82) is 0 Å². The van der Waals surface area contributed by atoms with E-state index in [0.29, 0.717) is 22.4 Å². The van der Waals surface area contributed by atoms with E-state index in [9.17, 15) is 24.0 Å². The average molecular weight is 424 g/mol. The molecule has 9 nitrogen and oxygen atoms in total. The van der Waals surface area contributed by atoms with Crippen molar-refractivity contribution in [2.45, 2.75) is 13.3 Å². The largest absolute Gasteiger partial charge is 0.465 e. The maximum Gasteiger partial charge on any atom is 0.337 e. The lowest BCUT2D eigenvalue weighted by Crippen LogP contribution is -2.32. The lowest BCUT2D eigenvalue weighted by atomic mass is 10.1. The van der Waals surface area contributed by atoms with Crippen molar-refractivity contribution < 1.29 is 33.4 Å². The molecule has 0 atom stereocenters. The van der Waals surface area contributed by atoms with Crippen LogP contribution in [0.4, 0.5) is 5.69 Å². The summed E-state index contributed by atoms with van der Waals surface area (Å²) in [5.74, 6) is -2.70. The van der Waals surface area contributed by atoms with Gasteiger partial charge < -0.3 is 14.8 Å². The predicted octanol–water partition coefficient (Wildman–Crippen LogP) is 1.95. The summed E-state index contributed by atoms with van der Waals surface area (Å²) in [5.41, 5.74) is 2.22. The van der Waals surface area contributed by atoms with Gasteiger partial charge in [-0.2, -0.15) is 0 Å². The molecule has 1 aliphatic rings. The fraction of sp³-hybridized carbons (Fsp3) is 0.227. The number of hydrogen-bond donors (Lipinski definition) is 1. The lowest BCUT2D eigenvalue weighted by molar-refractivity contribution is -0.147. The van der Waals surface area contributed by atoms with Crippen LogP contribution in [0.2, 0.25) is 0 Å². The molecule has 0 bridgehead atoms. The summed E-state index contributed by atoms with van der Waals surface area (Å²) in [6.07, 6.45) is -0.231. The first-order valence-electron chi connectivity index (χ1n) is 9.41. The van der Waals surface area contributed by atoms with Crippen molar-refractivity contribution in [3.05, 3.63) is 64.7 Å².